The van der Waals surface area contributed by atoms with Gasteiger partial charge in [0, 0.05) is 32.7 Å². The quantitative estimate of drug-likeness (QED) is 0.301. The van der Waals surface area contributed by atoms with Crippen molar-refractivity contribution < 1.29 is 14.7 Å². The molecule has 0 spiro atoms. The molecule has 1 heterocycles. The number of carbonyl (C=O) groups is 2. The number of nitrogens with zero attached hydrogens (tertiary/aromatic N) is 2. The SMILES string of the molecule is C=CC(=O)N1CCN(C(=O)C=C)CC1.CCCCCCCCCCCCN.NCCO. The van der Waals surface area contributed by atoms with Crippen LogP contribution >= 0.6 is 0 Å². The first-order valence-corrected chi connectivity index (χ1v) is 11.9. The summed E-state index contributed by atoms with van der Waals surface area (Å²) in [5.41, 5.74) is 10.2. The van der Waals surface area contributed by atoms with Crippen molar-refractivity contribution in [2.75, 3.05) is 45.9 Å². The first-order chi connectivity index (χ1) is 15.0. The van der Waals surface area contributed by atoms with Crippen LogP contribution in [0.4, 0.5) is 0 Å². The van der Waals surface area contributed by atoms with Gasteiger partial charge in [-0.1, -0.05) is 77.9 Å². The average Bonchev–Trinajstić information content (AvgIpc) is 2.82. The van der Waals surface area contributed by atoms with Crippen molar-refractivity contribution in [1.82, 2.24) is 9.80 Å². The highest BCUT2D eigenvalue weighted by Gasteiger charge is 2.20. The molecule has 0 radical (unpaired) electrons. The van der Waals surface area contributed by atoms with Gasteiger partial charge in [0.1, 0.15) is 0 Å². The Hall–Kier alpha value is -1.70. The molecule has 0 aliphatic carbocycles. The van der Waals surface area contributed by atoms with E-state index in [2.05, 4.69) is 20.1 Å². The van der Waals surface area contributed by atoms with E-state index < -0.39 is 0 Å². The van der Waals surface area contributed by atoms with Gasteiger partial charge in [-0.3, -0.25) is 9.59 Å². The second kappa shape index (κ2) is 24.6. The summed E-state index contributed by atoms with van der Waals surface area (Å²) in [4.78, 5) is 25.8. The molecule has 7 heteroatoms. The molecular weight excluding hydrogens is 392 g/mol. The lowest BCUT2D eigenvalue weighted by Crippen LogP contribution is -2.49. The first-order valence-electron chi connectivity index (χ1n) is 11.9. The third kappa shape index (κ3) is 20.0. The summed E-state index contributed by atoms with van der Waals surface area (Å²) in [5, 5.41) is 7.75. The molecule has 0 aromatic carbocycles. The molecule has 0 aromatic rings. The number of piperazine rings is 1. The summed E-state index contributed by atoms with van der Waals surface area (Å²) < 4.78 is 0. The standard InChI is InChI=1S/C12H27N.C10H14N2O2.C2H7NO/c1-2-3-4-5-6-7-8-9-10-11-12-13;1-3-9(13)11-5-7-12(8-6-11)10(14)4-2;3-1-2-4/h2-13H2,1H3;3-4H,1-2,5-8H2;4H,1-3H2. The van der Waals surface area contributed by atoms with Gasteiger partial charge in [-0.05, 0) is 25.1 Å². The second-order valence-electron chi connectivity index (χ2n) is 7.54. The Morgan fingerprint density at radius 3 is 1.32 bits per heavy atom. The van der Waals surface area contributed by atoms with Crippen molar-refractivity contribution >= 4 is 11.8 Å². The highest BCUT2D eigenvalue weighted by molar-refractivity contribution is 5.88. The number of hydrogen-bond donors (Lipinski definition) is 3. The summed E-state index contributed by atoms with van der Waals surface area (Å²) in [7, 11) is 0. The zero-order valence-corrected chi connectivity index (χ0v) is 19.9. The van der Waals surface area contributed by atoms with E-state index in [0.29, 0.717) is 32.7 Å². The van der Waals surface area contributed by atoms with E-state index in [9.17, 15) is 9.59 Å². The third-order valence-electron chi connectivity index (χ3n) is 4.94. The molecule has 182 valence electrons. The molecule has 0 bridgehead atoms. The molecule has 0 unspecified atom stereocenters. The molecule has 1 aliphatic rings. The van der Waals surface area contributed by atoms with Crippen LogP contribution in [-0.2, 0) is 9.59 Å². The molecular formula is C24H48N4O3. The van der Waals surface area contributed by atoms with Crippen molar-refractivity contribution in [3.63, 3.8) is 0 Å². The lowest BCUT2D eigenvalue weighted by molar-refractivity contribution is -0.134. The molecule has 0 aromatic heterocycles. The van der Waals surface area contributed by atoms with Gasteiger partial charge in [-0.2, -0.15) is 0 Å². The normalized spacial score (nSPS) is 12.8. The number of nitrogens with two attached hydrogens (primary N) is 2. The van der Waals surface area contributed by atoms with Gasteiger partial charge in [-0.25, -0.2) is 0 Å². The molecule has 2 amide bonds. The Morgan fingerprint density at radius 1 is 0.742 bits per heavy atom. The van der Waals surface area contributed by atoms with E-state index in [1.165, 1.54) is 76.4 Å². The topological polar surface area (TPSA) is 113 Å². The summed E-state index contributed by atoms with van der Waals surface area (Å²) in [6.45, 7) is 12.7. The second-order valence-corrected chi connectivity index (χ2v) is 7.54. The van der Waals surface area contributed by atoms with E-state index in [1.807, 2.05) is 0 Å². The van der Waals surface area contributed by atoms with Gasteiger partial charge < -0.3 is 26.4 Å². The Morgan fingerprint density at radius 2 is 1.06 bits per heavy atom. The smallest absolute Gasteiger partial charge is 0.246 e. The van der Waals surface area contributed by atoms with E-state index in [4.69, 9.17) is 16.6 Å². The van der Waals surface area contributed by atoms with Crippen LogP contribution in [0, 0.1) is 0 Å². The monoisotopic (exact) mass is 440 g/mol. The number of rotatable bonds is 13. The van der Waals surface area contributed by atoms with Crippen molar-refractivity contribution in [3.8, 4) is 0 Å². The summed E-state index contributed by atoms with van der Waals surface area (Å²) in [5.74, 6) is -0.147. The summed E-state index contributed by atoms with van der Waals surface area (Å²) >= 11 is 0. The Bertz CT molecular complexity index is 410. The van der Waals surface area contributed by atoms with E-state index in [0.717, 1.165) is 6.54 Å². The van der Waals surface area contributed by atoms with Gasteiger partial charge in [0.2, 0.25) is 11.8 Å². The molecule has 1 fully saturated rings. The lowest BCUT2D eigenvalue weighted by atomic mass is 10.1. The van der Waals surface area contributed by atoms with Crippen LogP contribution < -0.4 is 11.5 Å². The number of hydrogen-bond acceptors (Lipinski definition) is 5. The molecule has 1 aliphatic heterocycles. The van der Waals surface area contributed by atoms with Gasteiger partial charge in [0.25, 0.3) is 0 Å². The zero-order valence-electron chi connectivity index (χ0n) is 19.9. The van der Waals surface area contributed by atoms with Crippen LogP contribution in [0.25, 0.3) is 0 Å². The number of aliphatic hydroxyl groups excluding tert-OH is 1. The highest BCUT2D eigenvalue weighted by Crippen LogP contribution is 2.10. The largest absolute Gasteiger partial charge is 0.395 e. The molecule has 7 nitrogen and oxygen atoms in total. The van der Waals surface area contributed by atoms with Crippen molar-refractivity contribution in [1.29, 1.82) is 0 Å². The number of amides is 2. The predicted molar refractivity (Wildman–Crippen MR) is 131 cm³/mol. The van der Waals surface area contributed by atoms with Crippen molar-refractivity contribution in [2.24, 2.45) is 11.5 Å². The molecule has 1 rings (SSSR count). The summed E-state index contributed by atoms with van der Waals surface area (Å²) in [6.07, 6.45) is 16.5. The summed E-state index contributed by atoms with van der Waals surface area (Å²) in [6, 6.07) is 0. The van der Waals surface area contributed by atoms with Crippen LogP contribution in [0.3, 0.4) is 0 Å². The number of carbonyl (C=O) groups excluding carboxylic acids is 2. The Labute approximate surface area is 190 Å². The van der Waals surface area contributed by atoms with Crippen LogP contribution in [0.5, 0.6) is 0 Å². The predicted octanol–water partition coefficient (Wildman–Crippen LogP) is 2.83. The molecule has 0 saturated carbocycles. The van der Waals surface area contributed by atoms with Crippen LogP contribution in [0.15, 0.2) is 25.3 Å². The molecule has 5 N–H and O–H groups in total. The highest BCUT2D eigenvalue weighted by atomic mass is 16.3. The van der Waals surface area contributed by atoms with E-state index in [1.54, 1.807) is 9.80 Å². The fourth-order valence-corrected chi connectivity index (χ4v) is 3.04. The average molecular weight is 441 g/mol. The molecule has 1 saturated heterocycles. The Balaban J connectivity index is 0. The minimum atomic E-state index is -0.0734. The van der Waals surface area contributed by atoms with Crippen molar-refractivity contribution in [2.45, 2.75) is 71.1 Å². The fraction of sp³-hybridized carbons (Fsp3) is 0.750. The van der Waals surface area contributed by atoms with Gasteiger partial charge in [0.05, 0.1) is 6.61 Å². The van der Waals surface area contributed by atoms with Gasteiger partial charge >= 0.3 is 0 Å². The minimum absolute atomic E-state index is 0.0734. The maximum absolute atomic E-state index is 11.2. The first kappa shape index (κ1) is 31.5. The minimum Gasteiger partial charge on any atom is -0.395 e. The van der Waals surface area contributed by atoms with Crippen LogP contribution in [-0.4, -0.2) is 72.6 Å². The van der Waals surface area contributed by atoms with Crippen LogP contribution in [0.1, 0.15) is 71.1 Å². The fourth-order valence-electron chi connectivity index (χ4n) is 3.04. The van der Waals surface area contributed by atoms with Gasteiger partial charge in [0.15, 0.2) is 0 Å². The van der Waals surface area contributed by atoms with E-state index in [-0.39, 0.29) is 18.4 Å². The number of aliphatic hydroxyl groups is 1. The Kier molecular flexibility index (Phi) is 25.0. The van der Waals surface area contributed by atoms with E-state index >= 15 is 0 Å². The van der Waals surface area contributed by atoms with Gasteiger partial charge in [-0.15, -0.1) is 0 Å². The zero-order chi connectivity index (χ0) is 23.7. The number of unbranched alkanes of at least 4 members (excludes halogenated alkanes) is 9. The lowest BCUT2D eigenvalue weighted by Gasteiger charge is -2.33. The maximum Gasteiger partial charge on any atom is 0.246 e. The third-order valence-corrected chi connectivity index (χ3v) is 4.94. The van der Waals surface area contributed by atoms with Crippen LogP contribution in [0.2, 0.25) is 0 Å². The van der Waals surface area contributed by atoms with Crippen molar-refractivity contribution in [3.05, 3.63) is 25.3 Å². The maximum atomic E-state index is 11.2. The molecule has 31 heavy (non-hydrogen) atoms. The molecule has 0 atom stereocenters.